The van der Waals surface area contributed by atoms with Crippen LogP contribution >= 0.6 is 34.4 Å². The van der Waals surface area contributed by atoms with Crippen molar-refractivity contribution in [2.24, 2.45) is 0 Å². The smallest absolute Gasteiger partial charge is 0.150 e. The molecular formula is C17H17IN2S. The summed E-state index contributed by atoms with van der Waals surface area (Å²) in [4.78, 5) is 4.54. The summed E-state index contributed by atoms with van der Waals surface area (Å²) >= 11 is 4.33. The van der Waals surface area contributed by atoms with Gasteiger partial charge in [-0.2, -0.15) is 11.8 Å². The van der Waals surface area contributed by atoms with Crippen LogP contribution in [0.3, 0.4) is 0 Å². The van der Waals surface area contributed by atoms with Gasteiger partial charge in [-0.3, -0.25) is 0 Å². The molecule has 2 heterocycles. The average molecular weight is 408 g/mol. The summed E-state index contributed by atoms with van der Waals surface area (Å²) in [5, 5.41) is 0. The lowest BCUT2D eigenvalue weighted by Gasteiger charge is -2.05. The molecule has 4 heteroatoms. The molecule has 0 amide bonds. The molecule has 0 bridgehead atoms. The van der Waals surface area contributed by atoms with Gasteiger partial charge in [0.15, 0.2) is 0 Å². The highest BCUT2D eigenvalue weighted by Gasteiger charge is 2.07. The maximum Gasteiger partial charge on any atom is 0.150 e. The van der Waals surface area contributed by atoms with Crippen molar-refractivity contribution in [1.29, 1.82) is 0 Å². The number of hydrogen-bond acceptors (Lipinski definition) is 2. The maximum atomic E-state index is 4.54. The lowest BCUT2D eigenvalue weighted by atomic mass is 10.2. The van der Waals surface area contributed by atoms with Gasteiger partial charge in [0.2, 0.25) is 0 Å². The Bertz CT molecular complexity index is 737. The van der Waals surface area contributed by atoms with E-state index in [-0.39, 0.29) is 0 Å². The second-order valence-corrected chi connectivity index (χ2v) is 7.36. The Morgan fingerprint density at radius 2 is 2.05 bits per heavy atom. The van der Waals surface area contributed by atoms with Crippen molar-refractivity contribution >= 4 is 40.0 Å². The zero-order valence-corrected chi connectivity index (χ0v) is 14.9. The van der Waals surface area contributed by atoms with Crippen molar-refractivity contribution in [2.75, 3.05) is 5.75 Å². The minimum Gasteiger partial charge on any atom is -0.302 e. The van der Waals surface area contributed by atoms with Gasteiger partial charge in [-0.05, 0) is 58.9 Å². The van der Waals surface area contributed by atoms with Crippen LogP contribution in [0.5, 0.6) is 0 Å². The SMILES string of the molecule is Cc1cc(I)c2ncc(CSCCc3ccccc3)n2c1. The molecule has 0 spiro atoms. The Kier molecular flexibility index (Phi) is 4.85. The van der Waals surface area contributed by atoms with Crippen LogP contribution in [0.4, 0.5) is 0 Å². The molecule has 0 atom stereocenters. The fourth-order valence-electron chi connectivity index (χ4n) is 2.34. The van der Waals surface area contributed by atoms with E-state index in [0.717, 1.165) is 23.6 Å². The van der Waals surface area contributed by atoms with Crippen LogP contribution in [-0.4, -0.2) is 15.1 Å². The van der Waals surface area contributed by atoms with Gasteiger partial charge in [-0.25, -0.2) is 4.98 Å². The summed E-state index contributed by atoms with van der Waals surface area (Å²) < 4.78 is 3.44. The molecule has 0 aliphatic rings. The van der Waals surface area contributed by atoms with Gasteiger partial charge in [0.25, 0.3) is 0 Å². The first-order valence-electron chi connectivity index (χ1n) is 6.98. The number of imidazole rings is 1. The van der Waals surface area contributed by atoms with E-state index in [0.29, 0.717) is 0 Å². The van der Waals surface area contributed by atoms with Crippen molar-refractivity contribution in [3.05, 3.63) is 69.2 Å². The molecule has 0 N–H and O–H groups in total. The van der Waals surface area contributed by atoms with Gasteiger partial charge >= 0.3 is 0 Å². The highest BCUT2D eigenvalue weighted by atomic mass is 127. The summed E-state index contributed by atoms with van der Waals surface area (Å²) in [6.07, 6.45) is 5.31. The molecule has 3 rings (SSSR count). The Labute approximate surface area is 143 Å². The number of thioether (sulfide) groups is 1. The molecular weight excluding hydrogens is 391 g/mol. The number of fused-ring (bicyclic) bond motifs is 1. The normalized spacial score (nSPS) is 11.1. The van der Waals surface area contributed by atoms with Crippen molar-refractivity contribution in [3.8, 4) is 0 Å². The molecule has 0 radical (unpaired) electrons. The van der Waals surface area contributed by atoms with Crippen LogP contribution < -0.4 is 0 Å². The molecule has 0 aliphatic carbocycles. The fourth-order valence-corrected chi connectivity index (χ4v) is 4.18. The molecule has 108 valence electrons. The van der Waals surface area contributed by atoms with Crippen LogP contribution in [0, 0.1) is 10.5 Å². The Morgan fingerprint density at radius 3 is 2.86 bits per heavy atom. The molecule has 0 fully saturated rings. The van der Waals surface area contributed by atoms with Gasteiger partial charge in [0, 0.05) is 11.9 Å². The van der Waals surface area contributed by atoms with Crippen molar-refractivity contribution < 1.29 is 0 Å². The summed E-state index contributed by atoms with van der Waals surface area (Å²) in [7, 11) is 0. The number of nitrogens with zero attached hydrogens (tertiary/aromatic N) is 2. The first-order chi connectivity index (χ1) is 10.2. The van der Waals surface area contributed by atoms with E-state index in [1.54, 1.807) is 0 Å². The van der Waals surface area contributed by atoms with E-state index >= 15 is 0 Å². The van der Waals surface area contributed by atoms with Crippen LogP contribution in [0.1, 0.15) is 16.8 Å². The summed E-state index contributed by atoms with van der Waals surface area (Å²) in [6, 6.07) is 12.8. The van der Waals surface area contributed by atoms with Crippen molar-refractivity contribution in [3.63, 3.8) is 0 Å². The van der Waals surface area contributed by atoms with Crippen LogP contribution in [0.2, 0.25) is 0 Å². The number of aromatic nitrogens is 2. The molecule has 0 unspecified atom stereocenters. The lowest BCUT2D eigenvalue weighted by molar-refractivity contribution is 1.07. The summed E-state index contributed by atoms with van der Waals surface area (Å²) in [6.45, 7) is 2.13. The Balaban J connectivity index is 1.63. The minimum absolute atomic E-state index is 1.01. The zero-order chi connectivity index (χ0) is 14.7. The van der Waals surface area contributed by atoms with Gasteiger partial charge in [-0.15, -0.1) is 0 Å². The highest BCUT2D eigenvalue weighted by Crippen LogP contribution is 2.20. The maximum absolute atomic E-state index is 4.54. The number of benzene rings is 1. The van der Waals surface area contributed by atoms with E-state index in [9.17, 15) is 0 Å². The average Bonchev–Trinajstić information content (AvgIpc) is 2.88. The molecule has 0 saturated carbocycles. The van der Waals surface area contributed by atoms with Crippen molar-refractivity contribution in [1.82, 2.24) is 9.38 Å². The number of pyridine rings is 1. The molecule has 0 aliphatic heterocycles. The highest BCUT2D eigenvalue weighted by molar-refractivity contribution is 14.1. The lowest BCUT2D eigenvalue weighted by Crippen LogP contribution is -1.95. The zero-order valence-electron chi connectivity index (χ0n) is 11.9. The molecule has 1 aromatic carbocycles. The number of hydrogen-bond donors (Lipinski definition) is 0. The van der Waals surface area contributed by atoms with Crippen LogP contribution in [-0.2, 0) is 12.2 Å². The Hall–Kier alpha value is -1.01. The quantitative estimate of drug-likeness (QED) is 0.449. The van der Waals surface area contributed by atoms with Crippen LogP contribution in [0.15, 0.2) is 48.8 Å². The number of halogens is 1. The first kappa shape index (κ1) is 14.9. The summed E-state index contributed by atoms with van der Waals surface area (Å²) in [5.74, 6) is 2.15. The monoisotopic (exact) mass is 408 g/mol. The fraction of sp³-hybridized carbons (Fsp3) is 0.235. The van der Waals surface area contributed by atoms with Gasteiger partial charge < -0.3 is 4.40 Å². The Morgan fingerprint density at radius 1 is 1.24 bits per heavy atom. The third-order valence-corrected chi connectivity index (χ3v) is 5.19. The van der Waals surface area contributed by atoms with Crippen molar-refractivity contribution in [2.45, 2.75) is 19.1 Å². The van der Waals surface area contributed by atoms with E-state index < -0.39 is 0 Å². The number of rotatable bonds is 5. The molecule has 3 aromatic rings. The number of aryl methyl sites for hydroxylation is 2. The predicted molar refractivity (Wildman–Crippen MR) is 99.0 cm³/mol. The van der Waals surface area contributed by atoms with Gasteiger partial charge in [0.1, 0.15) is 5.65 Å². The summed E-state index contributed by atoms with van der Waals surface area (Å²) in [5.41, 5.74) is 5.04. The molecule has 21 heavy (non-hydrogen) atoms. The van der Waals surface area contributed by atoms with Gasteiger partial charge in [0.05, 0.1) is 15.5 Å². The van der Waals surface area contributed by atoms with Gasteiger partial charge in [-0.1, -0.05) is 30.3 Å². The minimum atomic E-state index is 1.01. The molecule has 2 nitrogen and oxygen atoms in total. The van der Waals surface area contributed by atoms with E-state index in [1.165, 1.54) is 20.4 Å². The molecule has 2 aromatic heterocycles. The van der Waals surface area contributed by atoms with E-state index in [1.807, 2.05) is 18.0 Å². The second-order valence-electron chi connectivity index (χ2n) is 5.10. The second kappa shape index (κ2) is 6.83. The predicted octanol–water partition coefficient (Wildman–Crippen LogP) is 4.72. The van der Waals surface area contributed by atoms with Crippen LogP contribution in [0.25, 0.3) is 5.65 Å². The van der Waals surface area contributed by atoms with E-state index in [2.05, 4.69) is 81.5 Å². The first-order valence-corrected chi connectivity index (χ1v) is 9.21. The van der Waals surface area contributed by atoms with E-state index in [4.69, 9.17) is 0 Å². The largest absolute Gasteiger partial charge is 0.302 e. The molecule has 0 saturated heterocycles. The third-order valence-electron chi connectivity index (χ3n) is 3.40. The standard InChI is InChI=1S/C17H17IN2S/c1-13-9-16(18)17-19-10-15(20(17)11-13)12-21-8-7-14-5-3-2-4-6-14/h2-6,9-11H,7-8,12H2,1H3. The third kappa shape index (κ3) is 3.61. The topological polar surface area (TPSA) is 17.3 Å².